The number of nitrogens with zero attached hydrogens (tertiary/aromatic N) is 5. The van der Waals surface area contributed by atoms with Crippen molar-refractivity contribution in [1.82, 2.24) is 24.3 Å². The zero-order valence-electron chi connectivity index (χ0n) is 21.3. The standard InChI is InChI=1S/C28H31N7O2/c1-17(2)28(37)35-16-21(8-7-18(35)3)26-33-23(24-25(29)31-14-15-34(24)26)19-9-11-20(12-10-19)27(36)32-22-6-4-5-13-30-22/h4-6,9-15,17-18,21H,7-8,16H2,1-3H3,(H2,29,31)(H,30,32,36)/t18-,21?/m0/s1. The van der Waals surface area contributed by atoms with Gasteiger partial charge in [0.05, 0.1) is 0 Å². The molecular formula is C28H31N7O2. The van der Waals surface area contributed by atoms with Crippen LogP contribution in [0.4, 0.5) is 11.6 Å². The number of nitrogen functional groups attached to an aromatic ring is 1. The van der Waals surface area contributed by atoms with Crippen molar-refractivity contribution in [2.24, 2.45) is 5.92 Å². The molecule has 2 amide bonds. The molecule has 1 aromatic carbocycles. The van der Waals surface area contributed by atoms with Gasteiger partial charge in [0.2, 0.25) is 5.91 Å². The number of rotatable bonds is 5. The number of carbonyl (C=O) groups is 2. The van der Waals surface area contributed by atoms with Crippen LogP contribution in [0.2, 0.25) is 0 Å². The molecule has 0 bridgehead atoms. The number of fused-ring (bicyclic) bond motifs is 1. The van der Waals surface area contributed by atoms with E-state index in [4.69, 9.17) is 10.7 Å². The van der Waals surface area contributed by atoms with E-state index in [-0.39, 0.29) is 29.7 Å². The number of carbonyl (C=O) groups excluding carboxylic acids is 2. The number of hydrogen-bond acceptors (Lipinski definition) is 6. The second-order valence-corrected chi connectivity index (χ2v) is 9.86. The second kappa shape index (κ2) is 10.0. The highest BCUT2D eigenvalue weighted by atomic mass is 16.2. The average molecular weight is 498 g/mol. The first-order valence-corrected chi connectivity index (χ1v) is 12.6. The summed E-state index contributed by atoms with van der Waals surface area (Å²) in [7, 11) is 0. The molecule has 1 aliphatic heterocycles. The molecule has 1 unspecified atom stereocenters. The molecule has 0 spiro atoms. The highest BCUT2D eigenvalue weighted by molar-refractivity contribution is 6.04. The predicted octanol–water partition coefficient (Wildman–Crippen LogP) is 4.38. The number of nitrogens with two attached hydrogens (primary N) is 1. The Hall–Kier alpha value is -4.27. The van der Waals surface area contributed by atoms with Gasteiger partial charge in [-0.1, -0.05) is 32.0 Å². The maximum absolute atomic E-state index is 12.9. The maximum Gasteiger partial charge on any atom is 0.256 e. The van der Waals surface area contributed by atoms with Gasteiger partial charge < -0.3 is 16.0 Å². The Kier molecular flexibility index (Phi) is 6.60. The molecule has 4 aromatic rings. The van der Waals surface area contributed by atoms with Gasteiger partial charge in [-0.25, -0.2) is 15.0 Å². The minimum absolute atomic E-state index is 0.0537. The highest BCUT2D eigenvalue weighted by Crippen LogP contribution is 2.35. The van der Waals surface area contributed by atoms with Gasteiger partial charge in [0.25, 0.3) is 5.91 Å². The number of pyridine rings is 1. The fraction of sp³-hybridized carbons (Fsp3) is 0.321. The van der Waals surface area contributed by atoms with Gasteiger partial charge in [-0.2, -0.15) is 0 Å². The van der Waals surface area contributed by atoms with Gasteiger partial charge in [-0.05, 0) is 44.0 Å². The van der Waals surface area contributed by atoms with Crippen LogP contribution in [0, 0.1) is 5.92 Å². The quantitative estimate of drug-likeness (QED) is 0.423. The summed E-state index contributed by atoms with van der Waals surface area (Å²) in [5.41, 5.74) is 9.10. The van der Waals surface area contributed by atoms with Crippen LogP contribution in [-0.4, -0.2) is 48.7 Å². The van der Waals surface area contributed by atoms with Crippen molar-refractivity contribution in [1.29, 1.82) is 0 Å². The summed E-state index contributed by atoms with van der Waals surface area (Å²) in [4.78, 5) is 41.0. The van der Waals surface area contributed by atoms with Crippen LogP contribution < -0.4 is 11.1 Å². The fourth-order valence-electron chi connectivity index (χ4n) is 4.94. The molecule has 1 fully saturated rings. The Bertz CT molecular complexity index is 1430. The van der Waals surface area contributed by atoms with Crippen LogP contribution in [-0.2, 0) is 4.79 Å². The smallest absolute Gasteiger partial charge is 0.256 e. The van der Waals surface area contributed by atoms with E-state index in [0.717, 1.165) is 29.7 Å². The lowest BCUT2D eigenvalue weighted by Gasteiger charge is -2.38. The Balaban J connectivity index is 1.47. The molecule has 1 saturated heterocycles. The molecule has 0 radical (unpaired) electrons. The minimum Gasteiger partial charge on any atom is -0.382 e. The first kappa shape index (κ1) is 24.4. The third-order valence-electron chi connectivity index (χ3n) is 6.96. The van der Waals surface area contributed by atoms with Gasteiger partial charge in [0.1, 0.15) is 28.7 Å². The van der Waals surface area contributed by atoms with Crippen molar-refractivity contribution in [2.45, 2.75) is 45.6 Å². The van der Waals surface area contributed by atoms with Crippen LogP contribution >= 0.6 is 0 Å². The zero-order chi connectivity index (χ0) is 26.1. The van der Waals surface area contributed by atoms with Gasteiger partial charge in [-0.15, -0.1) is 0 Å². The number of anilines is 2. The molecule has 9 nitrogen and oxygen atoms in total. The number of benzene rings is 1. The molecule has 5 rings (SSSR count). The fourth-order valence-corrected chi connectivity index (χ4v) is 4.94. The molecule has 4 heterocycles. The summed E-state index contributed by atoms with van der Waals surface area (Å²) in [6, 6.07) is 12.8. The lowest BCUT2D eigenvalue weighted by atomic mass is 9.91. The number of likely N-dealkylation sites (tertiary alicyclic amines) is 1. The van der Waals surface area contributed by atoms with Crippen LogP contribution in [0.1, 0.15) is 55.7 Å². The van der Waals surface area contributed by atoms with Crippen molar-refractivity contribution < 1.29 is 9.59 Å². The van der Waals surface area contributed by atoms with Crippen LogP contribution in [0.5, 0.6) is 0 Å². The molecule has 2 atom stereocenters. The van der Waals surface area contributed by atoms with Crippen molar-refractivity contribution >= 4 is 29.0 Å². The molecular weight excluding hydrogens is 466 g/mol. The molecule has 190 valence electrons. The lowest BCUT2D eigenvalue weighted by molar-refractivity contribution is -0.138. The number of nitrogens with one attached hydrogen (secondary N) is 1. The number of imidazole rings is 1. The van der Waals surface area contributed by atoms with Crippen LogP contribution in [0.15, 0.2) is 61.1 Å². The summed E-state index contributed by atoms with van der Waals surface area (Å²) in [5, 5.41) is 2.80. The third-order valence-corrected chi connectivity index (χ3v) is 6.96. The summed E-state index contributed by atoms with van der Waals surface area (Å²) in [5.74, 6) is 1.68. The molecule has 3 aromatic heterocycles. The summed E-state index contributed by atoms with van der Waals surface area (Å²) < 4.78 is 2.00. The molecule has 9 heteroatoms. The van der Waals surface area contributed by atoms with E-state index in [0.29, 0.717) is 29.4 Å². The van der Waals surface area contributed by atoms with Crippen molar-refractivity contribution in [3.8, 4) is 11.3 Å². The highest BCUT2D eigenvalue weighted by Gasteiger charge is 2.33. The normalized spacial score (nSPS) is 17.8. The van der Waals surface area contributed by atoms with E-state index in [9.17, 15) is 9.59 Å². The summed E-state index contributed by atoms with van der Waals surface area (Å²) in [6.45, 7) is 6.60. The molecule has 1 aliphatic rings. The Morgan fingerprint density at radius 1 is 1.05 bits per heavy atom. The van der Waals surface area contributed by atoms with Gasteiger partial charge in [0.15, 0.2) is 0 Å². The lowest BCUT2D eigenvalue weighted by Crippen LogP contribution is -2.46. The van der Waals surface area contributed by atoms with Crippen molar-refractivity contribution in [2.75, 3.05) is 17.6 Å². The first-order valence-electron chi connectivity index (χ1n) is 12.6. The minimum atomic E-state index is -0.243. The van der Waals surface area contributed by atoms with E-state index < -0.39 is 0 Å². The van der Waals surface area contributed by atoms with E-state index in [1.54, 1.807) is 36.7 Å². The molecule has 37 heavy (non-hydrogen) atoms. The summed E-state index contributed by atoms with van der Waals surface area (Å²) >= 11 is 0. The van der Waals surface area contributed by atoms with Crippen LogP contribution in [0.25, 0.3) is 16.8 Å². The molecule has 0 aliphatic carbocycles. The van der Waals surface area contributed by atoms with Gasteiger partial charge >= 0.3 is 0 Å². The predicted molar refractivity (Wildman–Crippen MR) is 143 cm³/mol. The number of hydrogen-bond donors (Lipinski definition) is 2. The van der Waals surface area contributed by atoms with E-state index in [1.165, 1.54) is 0 Å². The van der Waals surface area contributed by atoms with Gasteiger partial charge in [0, 0.05) is 54.1 Å². The first-order chi connectivity index (χ1) is 17.8. The Morgan fingerprint density at radius 2 is 1.84 bits per heavy atom. The Labute approximate surface area is 215 Å². The zero-order valence-corrected chi connectivity index (χ0v) is 21.3. The van der Waals surface area contributed by atoms with Crippen molar-refractivity contribution in [3.05, 3.63) is 72.4 Å². The van der Waals surface area contributed by atoms with E-state index >= 15 is 0 Å². The Morgan fingerprint density at radius 3 is 2.54 bits per heavy atom. The monoisotopic (exact) mass is 497 g/mol. The van der Waals surface area contributed by atoms with Gasteiger partial charge in [-0.3, -0.25) is 14.0 Å². The number of amides is 2. The van der Waals surface area contributed by atoms with E-state index in [1.807, 2.05) is 47.5 Å². The second-order valence-electron chi connectivity index (χ2n) is 9.86. The van der Waals surface area contributed by atoms with Crippen LogP contribution in [0.3, 0.4) is 0 Å². The van der Waals surface area contributed by atoms with E-state index in [2.05, 4.69) is 22.2 Å². The largest absolute Gasteiger partial charge is 0.382 e. The third kappa shape index (κ3) is 4.76. The number of piperidine rings is 1. The SMILES string of the molecule is CC(C)C(=O)N1CC(c2nc(-c3ccc(C(=O)Nc4ccccn4)cc3)c3c(N)nccn23)CC[C@@H]1C. The average Bonchev–Trinajstić information content (AvgIpc) is 3.30. The van der Waals surface area contributed by atoms with Crippen molar-refractivity contribution in [3.63, 3.8) is 0 Å². The summed E-state index contributed by atoms with van der Waals surface area (Å²) in [6.07, 6.45) is 7.01. The number of aromatic nitrogens is 4. The molecule has 3 N–H and O–H groups in total. The maximum atomic E-state index is 12.9. The topological polar surface area (TPSA) is 119 Å². The molecule has 0 saturated carbocycles.